The number of aryl methyl sites for hydroxylation is 1. The Labute approximate surface area is 99.9 Å². The molecule has 0 aliphatic rings. The highest BCUT2D eigenvalue weighted by Gasteiger charge is 2.21. The molecule has 1 aromatic heterocycles. The predicted molar refractivity (Wildman–Crippen MR) is 69.6 cm³/mol. The lowest BCUT2D eigenvalue weighted by atomic mass is 9.86. The first kappa shape index (κ1) is 12.3. The van der Waals surface area contributed by atoms with Crippen LogP contribution in [0.1, 0.15) is 36.9 Å². The quantitative estimate of drug-likeness (QED) is 0.685. The molecule has 1 rings (SSSR count). The highest BCUT2D eigenvalue weighted by molar-refractivity contribution is 9.09. The SMILES string of the molecule is CCc1ccc(CC(C)(CC)CBr)s1. The standard InChI is InChI=1S/C12H19BrS/c1-4-10-6-7-11(14-10)8-12(3,5-2)9-13/h6-7H,4-5,8-9H2,1-3H3. The van der Waals surface area contributed by atoms with Gasteiger partial charge in [-0.3, -0.25) is 0 Å². The van der Waals surface area contributed by atoms with Gasteiger partial charge in [0.1, 0.15) is 0 Å². The summed E-state index contributed by atoms with van der Waals surface area (Å²) in [7, 11) is 0. The summed E-state index contributed by atoms with van der Waals surface area (Å²) in [6.07, 6.45) is 3.61. The van der Waals surface area contributed by atoms with Crippen molar-refractivity contribution in [3.8, 4) is 0 Å². The van der Waals surface area contributed by atoms with Gasteiger partial charge >= 0.3 is 0 Å². The molecule has 0 aliphatic heterocycles. The molecule has 0 spiro atoms. The van der Waals surface area contributed by atoms with Crippen LogP contribution in [0, 0.1) is 5.41 Å². The fourth-order valence-corrected chi connectivity index (χ4v) is 3.16. The molecule has 1 atom stereocenters. The van der Waals surface area contributed by atoms with E-state index in [9.17, 15) is 0 Å². The molecule has 1 aromatic rings. The highest BCUT2D eigenvalue weighted by atomic mass is 79.9. The maximum absolute atomic E-state index is 3.62. The molecule has 0 saturated heterocycles. The summed E-state index contributed by atoms with van der Waals surface area (Å²) in [5.74, 6) is 0. The molecule has 1 heterocycles. The predicted octanol–water partition coefficient (Wildman–Crippen LogP) is 4.66. The number of hydrogen-bond donors (Lipinski definition) is 0. The number of alkyl halides is 1. The summed E-state index contributed by atoms with van der Waals surface area (Å²) in [5.41, 5.74) is 0.426. The van der Waals surface area contributed by atoms with Gasteiger partial charge in [-0.2, -0.15) is 0 Å². The van der Waals surface area contributed by atoms with Crippen molar-refractivity contribution in [1.82, 2.24) is 0 Å². The normalized spacial score (nSPS) is 15.4. The zero-order valence-corrected chi connectivity index (χ0v) is 11.7. The Hall–Kier alpha value is 0.180. The number of rotatable bonds is 5. The van der Waals surface area contributed by atoms with Gasteiger partial charge in [0.2, 0.25) is 0 Å². The summed E-state index contributed by atoms with van der Waals surface area (Å²) in [6, 6.07) is 4.56. The Morgan fingerprint density at radius 1 is 1.29 bits per heavy atom. The number of thiophene rings is 1. The molecule has 0 bridgehead atoms. The Morgan fingerprint density at radius 3 is 2.36 bits per heavy atom. The summed E-state index contributed by atoms with van der Waals surface area (Å²) in [4.78, 5) is 3.04. The van der Waals surface area contributed by atoms with Crippen molar-refractivity contribution in [1.29, 1.82) is 0 Å². The first-order chi connectivity index (χ1) is 6.63. The largest absolute Gasteiger partial charge is 0.145 e. The average Bonchev–Trinajstić information content (AvgIpc) is 2.65. The first-order valence-corrected chi connectivity index (χ1v) is 7.21. The lowest BCUT2D eigenvalue weighted by Crippen LogP contribution is -2.19. The lowest BCUT2D eigenvalue weighted by molar-refractivity contribution is 0.364. The molecule has 0 N–H and O–H groups in total. The molecule has 0 aliphatic carbocycles. The topological polar surface area (TPSA) is 0 Å². The van der Waals surface area contributed by atoms with Gasteiger partial charge in [0.25, 0.3) is 0 Å². The van der Waals surface area contributed by atoms with E-state index < -0.39 is 0 Å². The van der Waals surface area contributed by atoms with Crippen LogP contribution in [0.2, 0.25) is 0 Å². The summed E-state index contributed by atoms with van der Waals surface area (Å²) in [6.45, 7) is 6.85. The zero-order valence-electron chi connectivity index (χ0n) is 9.27. The zero-order chi connectivity index (χ0) is 10.6. The highest BCUT2D eigenvalue weighted by Crippen LogP contribution is 2.31. The second-order valence-electron chi connectivity index (χ2n) is 4.20. The van der Waals surface area contributed by atoms with E-state index in [1.165, 1.54) is 29.0 Å². The molecule has 0 aromatic carbocycles. The van der Waals surface area contributed by atoms with Crippen LogP contribution in [0.15, 0.2) is 12.1 Å². The van der Waals surface area contributed by atoms with Crippen LogP contribution in [0.3, 0.4) is 0 Å². The van der Waals surface area contributed by atoms with E-state index in [4.69, 9.17) is 0 Å². The van der Waals surface area contributed by atoms with Gasteiger partial charge in [0, 0.05) is 15.1 Å². The van der Waals surface area contributed by atoms with Crippen molar-refractivity contribution in [3.05, 3.63) is 21.9 Å². The molecule has 0 radical (unpaired) electrons. The van der Waals surface area contributed by atoms with Gasteiger partial charge < -0.3 is 0 Å². The van der Waals surface area contributed by atoms with Crippen molar-refractivity contribution >= 4 is 27.3 Å². The lowest BCUT2D eigenvalue weighted by Gasteiger charge is -2.24. The van der Waals surface area contributed by atoms with E-state index in [2.05, 4.69) is 48.8 Å². The number of hydrogen-bond acceptors (Lipinski definition) is 1. The monoisotopic (exact) mass is 274 g/mol. The Balaban J connectivity index is 2.67. The van der Waals surface area contributed by atoms with Crippen LogP contribution in [0.5, 0.6) is 0 Å². The maximum atomic E-state index is 3.62. The smallest absolute Gasteiger partial charge is 0.00886 e. The fourth-order valence-electron chi connectivity index (χ4n) is 1.39. The van der Waals surface area contributed by atoms with Crippen LogP contribution in [-0.4, -0.2) is 5.33 Å². The third kappa shape index (κ3) is 3.09. The fraction of sp³-hybridized carbons (Fsp3) is 0.667. The van der Waals surface area contributed by atoms with Crippen molar-refractivity contribution in [2.75, 3.05) is 5.33 Å². The van der Waals surface area contributed by atoms with Crippen molar-refractivity contribution in [2.45, 2.75) is 40.0 Å². The molecule has 1 unspecified atom stereocenters. The minimum atomic E-state index is 0.426. The molecular weight excluding hydrogens is 256 g/mol. The van der Waals surface area contributed by atoms with E-state index >= 15 is 0 Å². The second kappa shape index (κ2) is 5.32. The second-order valence-corrected chi connectivity index (χ2v) is 6.01. The van der Waals surface area contributed by atoms with E-state index in [1.54, 1.807) is 0 Å². The molecule has 0 fully saturated rings. The molecule has 80 valence electrons. The van der Waals surface area contributed by atoms with E-state index in [1.807, 2.05) is 11.3 Å². The van der Waals surface area contributed by atoms with Crippen LogP contribution in [0.4, 0.5) is 0 Å². The summed E-state index contributed by atoms with van der Waals surface area (Å²) < 4.78 is 0. The Morgan fingerprint density at radius 2 is 1.93 bits per heavy atom. The minimum absolute atomic E-state index is 0.426. The molecular formula is C12H19BrS. The average molecular weight is 275 g/mol. The maximum Gasteiger partial charge on any atom is 0.00886 e. The van der Waals surface area contributed by atoms with Gasteiger partial charge in [-0.05, 0) is 36.8 Å². The number of halogens is 1. The van der Waals surface area contributed by atoms with E-state index in [0.717, 1.165) is 5.33 Å². The van der Waals surface area contributed by atoms with Gasteiger partial charge in [-0.25, -0.2) is 0 Å². The van der Waals surface area contributed by atoms with Gasteiger partial charge in [0.15, 0.2) is 0 Å². The molecule has 2 heteroatoms. The molecule has 0 saturated carbocycles. The molecule has 14 heavy (non-hydrogen) atoms. The van der Waals surface area contributed by atoms with Crippen LogP contribution < -0.4 is 0 Å². The van der Waals surface area contributed by atoms with Crippen LogP contribution >= 0.6 is 27.3 Å². The summed E-state index contributed by atoms with van der Waals surface area (Å²) in [5, 5.41) is 1.09. The van der Waals surface area contributed by atoms with Crippen LogP contribution in [0.25, 0.3) is 0 Å². The van der Waals surface area contributed by atoms with Gasteiger partial charge in [-0.1, -0.05) is 36.7 Å². The third-order valence-corrected chi connectivity index (χ3v) is 5.43. The summed E-state index contributed by atoms with van der Waals surface area (Å²) >= 11 is 5.59. The van der Waals surface area contributed by atoms with E-state index in [-0.39, 0.29) is 0 Å². The Bertz CT molecular complexity index is 274. The molecule has 0 amide bonds. The van der Waals surface area contributed by atoms with E-state index in [0.29, 0.717) is 5.41 Å². The molecule has 0 nitrogen and oxygen atoms in total. The van der Waals surface area contributed by atoms with Crippen molar-refractivity contribution < 1.29 is 0 Å². The minimum Gasteiger partial charge on any atom is -0.145 e. The van der Waals surface area contributed by atoms with Gasteiger partial charge in [-0.15, -0.1) is 11.3 Å². The first-order valence-electron chi connectivity index (χ1n) is 5.27. The third-order valence-electron chi connectivity index (χ3n) is 2.84. The van der Waals surface area contributed by atoms with Crippen molar-refractivity contribution in [3.63, 3.8) is 0 Å². The van der Waals surface area contributed by atoms with Crippen molar-refractivity contribution in [2.24, 2.45) is 5.41 Å². The van der Waals surface area contributed by atoms with Crippen LogP contribution in [-0.2, 0) is 12.8 Å². The van der Waals surface area contributed by atoms with Gasteiger partial charge in [0.05, 0.1) is 0 Å². The Kier molecular flexibility index (Phi) is 4.65.